The predicted molar refractivity (Wildman–Crippen MR) is 67.4 cm³/mol. The van der Waals surface area contributed by atoms with E-state index in [2.05, 4.69) is 0 Å². The summed E-state index contributed by atoms with van der Waals surface area (Å²) in [5, 5.41) is 39.0. The Bertz CT molecular complexity index is 832. The van der Waals surface area contributed by atoms with E-state index in [1.54, 1.807) is 0 Å². The number of phenolic OH excluding ortho intramolecular Hbond substituents is 2. The Labute approximate surface area is 122 Å². The highest BCUT2D eigenvalue weighted by Gasteiger charge is 2.51. The molecule has 22 heavy (non-hydrogen) atoms. The standard InChI is InChI=1S/C14H8O8/c15-5-1-3-7-8-4(14(20)22-11(7)9(5)17)2-6(16)10(18)12(8)21-13(3)19/h1-3,7,15-18H/t3-,7+/m1/s1. The van der Waals surface area contributed by atoms with Gasteiger partial charge in [0.2, 0.25) is 5.75 Å². The molecule has 4 rings (SSSR count). The molecule has 0 amide bonds. The first kappa shape index (κ1) is 12.6. The summed E-state index contributed by atoms with van der Waals surface area (Å²) in [5.41, 5.74) is 0.0422. The van der Waals surface area contributed by atoms with Gasteiger partial charge in [0.15, 0.2) is 28.8 Å². The number of ether oxygens (including phenoxy) is 2. The Kier molecular flexibility index (Phi) is 2.13. The van der Waals surface area contributed by atoms with E-state index in [-0.39, 0.29) is 22.6 Å². The molecule has 0 radical (unpaired) electrons. The molecule has 1 aromatic carbocycles. The van der Waals surface area contributed by atoms with Gasteiger partial charge < -0.3 is 29.9 Å². The average molecular weight is 304 g/mol. The molecule has 8 heteroatoms. The van der Waals surface area contributed by atoms with E-state index < -0.39 is 46.8 Å². The highest BCUT2D eigenvalue weighted by atomic mass is 16.6. The second-order valence-corrected chi connectivity index (χ2v) is 5.11. The van der Waals surface area contributed by atoms with Gasteiger partial charge in [-0.25, -0.2) is 4.79 Å². The molecule has 0 bridgehead atoms. The monoisotopic (exact) mass is 304 g/mol. The topological polar surface area (TPSA) is 134 Å². The van der Waals surface area contributed by atoms with Crippen LogP contribution in [0.25, 0.3) is 0 Å². The Morgan fingerprint density at radius 2 is 1.77 bits per heavy atom. The van der Waals surface area contributed by atoms with Crippen LogP contribution in [0.2, 0.25) is 0 Å². The Balaban J connectivity index is 2.10. The third-order valence-corrected chi connectivity index (χ3v) is 3.94. The Morgan fingerprint density at radius 3 is 2.50 bits per heavy atom. The van der Waals surface area contributed by atoms with Crippen molar-refractivity contribution >= 4 is 11.9 Å². The van der Waals surface area contributed by atoms with Crippen LogP contribution in [0.5, 0.6) is 17.2 Å². The summed E-state index contributed by atoms with van der Waals surface area (Å²) in [5.74, 6) is -6.89. The first-order valence-electron chi connectivity index (χ1n) is 6.27. The number of carbonyl (C=O) groups excluding carboxylic acids is 2. The zero-order valence-electron chi connectivity index (χ0n) is 10.7. The smallest absolute Gasteiger partial charge is 0.343 e. The van der Waals surface area contributed by atoms with Gasteiger partial charge in [0.05, 0.1) is 17.4 Å². The van der Waals surface area contributed by atoms with Crippen LogP contribution in [-0.4, -0.2) is 32.4 Å². The van der Waals surface area contributed by atoms with Gasteiger partial charge in [-0.1, -0.05) is 0 Å². The zero-order valence-corrected chi connectivity index (χ0v) is 10.7. The molecule has 2 atom stereocenters. The number of benzene rings is 1. The fourth-order valence-electron chi connectivity index (χ4n) is 2.96. The quantitative estimate of drug-likeness (QED) is 0.318. The molecule has 8 nitrogen and oxygen atoms in total. The molecular weight excluding hydrogens is 296 g/mol. The van der Waals surface area contributed by atoms with Gasteiger partial charge in [0, 0.05) is 5.56 Å². The molecule has 0 spiro atoms. The van der Waals surface area contributed by atoms with Gasteiger partial charge >= 0.3 is 11.9 Å². The van der Waals surface area contributed by atoms with Crippen LogP contribution in [0, 0.1) is 5.92 Å². The van der Waals surface area contributed by atoms with Crippen LogP contribution in [0.1, 0.15) is 21.8 Å². The lowest BCUT2D eigenvalue weighted by Gasteiger charge is -2.37. The molecule has 112 valence electrons. The van der Waals surface area contributed by atoms with Crippen LogP contribution in [0.4, 0.5) is 0 Å². The molecule has 2 aliphatic heterocycles. The summed E-state index contributed by atoms with van der Waals surface area (Å²) in [4.78, 5) is 24.1. The maximum atomic E-state index is 12.1. The summed E-state index contributed by atoms with van der Waals surface area (Å²) in [6.07, 6.45) is 1.08. The van der Waals surface area contributed by atoms with E-state index in [1.165, 1.54) is 0 Å². The fraction of sp³-hybridized carbons (Fsp3) is 0.143. The van der Waals surface area contributed by atoms with Crippen LogP contribution < -0.4 is 4.74 Å². The molecule has 0 unspecified atom stereocenters. The van der Waals surface area contributed by atoms with Crippen LogP contribution in [-0.2, 0) is 9.53 Å². The van der Waals surface area contributed by atoms with Gasteiger partial charge in [-0.2, -0.15) is 0 Å². The SMILES string of the molecule is O=C1OC2=C(O)C(O)=C[C@H]3C(=O)Oc4c(O)c(O)cc1c4[C@@H]23. The average Bonchev–Trinajstić information content (AvgIpc) is 2.47. The van der Waals surface area contributed by atoms with Crippen molar-refractivity contribution in [3.63, 3.8) is 0 Å². The third kappa shape index (κ3) is 1.31. The van der Waals surface area contributed by atoms with E-state index in [0.717, 1.165) is 12.1 Å². The minimum absolute atomic E-state index is 0.0841. The maximum absolute atomic E-state index is 12.1. The number of aromatic hydroxyl groups is 2. The second kappa shape index (κ2) is 3.73. The van der Waals surface area contributed by atoms with Gasteiger partial charge in [-0.15, -0.1) is 0 Å². The fourth-order valence-corrected chi connectivity index (χ4v) is 2.96. The highest BCUT2D eigenvalue weighted by Crippen LogP contribution is 2.55. The summed E-state index contributed by atoms with van der Waals surface area (Å²) >= 11 is 0. The molecule has 0 saturated heterocycles. The number of allylic oxidation sites excluding steroid dienone is 1. The van der Waals surface area contributed by atoms with E-state index in [9.17, 15) is 30.0 Å². The first-order chi connectivity index (χ1) is 10.4. The number of carbonyl (C=O) groups is 2. The van der Waals surface area contributed by atoms with Crippen molar-refractivity contribution in [3.8, 4) is 17.2 Å². The molecule has 3 aliphatic rings. The van der Waals surface area contributed by atoms with E-state index in [0.29, 0.717) is 0 Å². The number of hydrogen-bond donors (Lipinski definition) is 4. The van der Waals surface area contributed by atoms with E-state index >= 15 is 0 Å². The molecule has 0 saturated carbocycles. The maximum Gasteiger partial charge on any atom is 0.343 e. The Morgan fingerprint density at radius 1 is 1.05 bits per heavy atom. The largest absolute Gasteiger partial charge is 0.504 e. The minimum atomic E-state index is -1.02. The number of rotatable bonds is 0. The molecule has 1 aliphatic carbocycles. The zero-order chi connectivity index (χ0) is 15.8. The molecule has 2 heterocycles. The van der Waals surface area contributed by atoms with Crippen molar-refractivity contribution < 1.29 is 39.5 Å². The van der Waals surface area contributed by atoms with Crippen molar-refractivity contribution in [3.05, 3.63) is 40.5 Å². The summed E-state index contributed by atoms with van der Waals surface area (Å²) in [7, 11) is 0. The van der Waals surface area contributed by atoms with Crippen molar-refractivity contribution in [2.75, 3.05) is 0 Å². The molecular formula is C14H8O8. The number of esters is 2. The number of hydrogen-bond acceptors (Lipinski definition) is 8. The highest BCUT2D eigenvalue weighted by molar-refractivity contribution is 5.99. The number of aliphatic hydroxyl groups is 2. The molecule has 0 aromatic heterocycles. The van der Waals surface area contributed by atoms with Crippen molar-refractivity contribution in [2.45, 2.75) is 5.92 Å². The summed E-state index contributed by atoms with van der Waals surface area (Å²) < 4.78 is 9.98. The summed E-state index contributed by atoms with van der Waals surface area (Å²) in [6, 6.07) is 0.999. The third-order valence-electron chi connectivity index (χ3n) is 3.94. The predicted octanol–water partition coefficient (Wildman–Crippen LogP) is 1.11. The minimum Gasteiger partial charge on any atom is -0.504 e. The molecule has 0 fully saturated rings. The number of phenols is 2. The Hall–Kier alpha value is -3.16. The van der Waals surface area contributed by atoms with Crippen LogP contribution >= 0.6 is 0 Å². The van der Waals surface area contributed by atoms with E-state index in [1.807, 2.05) is 0 Å². The van der Waals surface area contributed by atoms with Crippen LogP contribution in [0.3, 0.4) is 0 Å². The van der Waals surface area contributed by atoms with Gasteiger partial charge in [0.1, 0.15) is 0 Å². The summed E-state index contributed by atoms with van der Waals surface area (Å²) in [6.45, 7) is 0. The normalized spacial score (nSPS) is 25.2. The van der Waals surface area contributed by atoms with E-state index in [4.69, 9.17) is 9.47 Å². The lowest BCUT2D eigenvalue weighted by Crippen LogP contribution is -2.39. The van der Waals surface area contributed by atoms with Gasteiger partial charge in [-0.3, -0.25) is 4.79 Å². The second-order valence-electron chi connectivity index (χ2n) is 5.11. The van der Waals surface area contributed by atoms with Gasteiger partial charge in [-0.05, 0) is 12.1 Å². The lowest BCUT2D eigenvalue weighted by atomic mass is 9.75. The molecule has 4 N–H and O–H groups in total. The number of aliphatic hydroxyl groups excluding tert-OH is 2. The first-order valence-corrected chi connectivity index (χ1v) is 6.27. The van der Waals surface area contributed by atoms with Crippen molar-refractivity contribution in [1.82, 2.24) is 0 Å². The van der Waals surface area contributed by atoms with Crippen molar-refractivity contribution in [1.29, 1.82) is 0 Å². The molecule has 1 aromatic rings. The van der Waals surface area contributed by atoms with Crippen LogP contribution in [0.15, 0.2) is 29.4 Å². The lowest BCUT2D eigenvalue weighted by molar-refractivity contribution is -0.139. The van der Waals surface area contributed by atoms with Gasteiger partial charge in [0.25, 0.3) is 0 Å². The van der Waals surface area contributed by atoms with Crippen molar-refractivity contribution in [2.24, 2.45) is 5.92 Å².